The molecule has 0 aromatic rings. The molecule has 1 unspecified atom stereocenters. The predicted molar refractivity (Wildman–Crippen MR) is 61.2 cm³/mol. The van der Waals surface area contributed by atoms with E-state index in [0.29, 0.717) is 18.0 Å². The number of hydrogen-bond acceptors (Lipinski definition) is 3. The van der Waals surface area contributed by atoms with Crippen molar-refractivity contribution in [2.75, 3.05) is 19.7 Å². The van der Waals surface area contributed by atoms with Crippen molar-refractivity contribution in [3.63, 3.8) is 0 Å². The van der Waals surface area contributed by atoms with Gasteiger partial charge in [-0.3, -0.25) is 0 Å². The van der Waals surface area contributed by atoms with Gasteiger partial charge in [0.2, 0.25) is 0 Å². The summed E-state index contributed by atoms with van der Waals surface area (Å²) in [6.07, 6.45) is 3.00. The first-order valence-corrected chi connectivity index (χ1v) is 5.54. The van der Waals surface area contributed by atoms with Gasteiger partial charge >= 0.3 is 0 Å². The molecule has 0 saturated carbocycles. The molecular formula is C11H26N2O. The van der Waals surface area contributed by atoms with Crippen LogP contribution in [0.15, 0.2) is 0 Å². The largest absolute Gasteiger partial charge is 0.396 e. The van der Waals surface area contributed by atoms with Crippen LogP contribution in [-0.2, 0) is 0 Å². The number of hydrogen-bond donors (Lipinski definition) is 3. The fourth-order valence-corrected chi connectivity index (χ4v) is 1.52. The van der Waals surface area contributed by atoms with Gasteiger partial charge in [-0.2, -0.15) is 0 Å². The van der Waals surface area contributed by atoms with E-state index in [4.69, 9.17) is 10.8 Å². The average molecular weight is 202 g/mol. The third kappa shape index (κ3) is 8.48. The zero-order valence-electron chi connectivity index (χ0n) is 9.84. The molecule has 0 aliphatic rings. The summed E-state index contributed by atoms with van der Waals surface area (Å²) < 4.78 is 0. The van der Waals surface area contributed by atoms with Crippen LogP contribution in [0.25, 0.3) is 0 Å². The number of nitrogens with two attached hydrogens (primary N) is 1. The Balaban J connectivity index is 3.58. The molecular weight excluding hydrogens is 176 g/mol. The third-order valence-corrected chi connectivity index (χ3v) is 2.16. The van der Waals surface area contributed by atoms with Crippen LogP contribution in [0.4, 0.5) is 0 Å². The molecule has 86 valence electrons. The summed E-state index contributed by atoms with van der Waals surface area (Å²) in [5.74, 6) is 0. The van der Waals surface area contributed by atoms with Crippen molar-refractivity contribution < 1.29 is 5.11 Å². The normalized spacial score (nSPS) is 14.4. The van der Waals surface area contributed by atoms with Crippen LogP contribution in [-0.4, -0.2) is 30.8 Å². The highest BCUT2D eigenvalue weighted by atomic mass is 16.2. The van der Waals surface area contributed by atoms with Crippen molar-refractivity contribution in [1.82, 2.24) is 5.32 Å². The summed E-state index contributed by atoms with van der Waals surface area (Å²) in [5, 5.41) is 12.0. The summed E-state index contributed by atoms with van der Waals surface area (Å²) in [4.78, 5) is 0. The molecule has 0 rings (SSSR count). The number of rotatable bonds is 7. The minimum Gasteiger partial charge on any atom is -0.396 e. The van der Waals surface area contributed by atoms with Crippen LogP contribution in [0.5, 0.6) is 0 Å². The molecule has 0 saturated heterocycles. The molecule has 0 aromatic heterocycles. The zero-order chi connectivity index (χ0) is 11.0. The lowest BCUT2D eigenvalue weighted by Gasteiger charge is -2.25. The first-order chi connectivity index (χ1) is 6.49. The van der Waals surface area contributed by atoms with E-state index in [1.165, 1.54) is 0 Å². The summed E-state index contributed by atoms with van der Waals surface area (Å²) in [6.45, 7) is 8.62. The van der Waals surface area contributed by atoms with E-state index >= 15 is 0 Å². The summed E-state index contributed by atoms with van der Waals surface area (Å²) in [6, 6.07) is 0.411. The number of aliphatic hydroxyl groups excluding tert-OH is 1. The van der Waals surface area contributed by atoms with E-state index in [-0.39, 0.29) is 6.61 Å². The second kappa shape index (κ2) is 7.21. The number of unbranched alkanes of at least 4 members (excludes halogenated alkanes) is 1. The Morgan fingerprint density at radius 1 is 1.29 bits per heavy atom. The van der Waals surface area contributed by atoms with E-state index in [1.54, 1.807) is 0 Å². The molecule has 3 heteroatoms. The lowest BCUT2D eigenvalue weighted by Crippen LogP contribution is -2.39. The van der Waals surface area contributed by atoms with Crippen LogP contribution >= 0.6 is 0 Å². The van der Waals surface area contributed by atoms with E-state index < -0.39 is 0 Å². The molecule has 0 amide bonds. The molecule has 3 nitrogen and oxygen atoms in total. The SMILES string of the molecule is CC(C)(C)CC(CN)NCCCCO. The minimum atomic E-state index is 0.286. The second-order valence-electron chi connectivity index (χ2n) is 5.08. The second-order valence-corrected chi connectivity index (χ2v) is 5.08. The van der Waals surface area contributed by atoms with Crippen molar-refractivity contribution >= 4 is 0 Å². The van der Waals surface area contributed by atoms with Gasteiger partial charge in [0.15, 0.2) is 0 Å². The van der Waals surface area contributed by atoms with Crippen LogP contribution < -0.4 is 11.1 Å². The molecule has 1 atom stereocenters. The maximum absolute atomic E-state index is 8.62. The molecule has 0 aliphatic carbocycles. The van der Waals surface area contributed by atoms with Crippen LogP contribution in [0.3, 0.4) is 0 Å². The Morgan fingerprint density at radius 3 is 2.36 bits per heavy atom. The van der Waals surface area contributed by atoms with Gasteiger partial charge < -0.3 is 16.2 Å². The standard InChI is InChI=1S/C11H26N2O/c1-11(2,3)8-10(9-12)13-6-4-5-7-14/h10,13-14H,4-9,12H2,1-3H3. The topological polar surface area (TPSA) is 58.3 Å². The van der Waals surface area contributed by atoms with Gasteiger partial charge in [0.25, 0.3) is 0 Å². The maximum Gasteiger partial charge on any atom is 0.0431 e. The summed E-state index contributed by atoms with van der Waals surface area (Å²) in [7, 11) is 0. The maximum atomic E-state index is 8.62. The first kappa shape index (κ1) is 13.9. The highest BCUT2D eigenvalue weighted by molar-refractivity contribution is 4.75. The van der Waals surface area contributed by atoms with Gasteiger partial charge in [0.05, 0.1) is 0 Å². The summed E-state index contributed by atoms with van der Waals surface area (Å²) >= 11 is 0. The Kier molecular flexibility index (Phi) is 7.15. The highest BCUT2D eigenvalue weighted by Crippen LogP contribution is 2.20. The van der Waals surface area contributed by atoms with Crippen LogP contribution in [0.1, 0.15) is 40.0 Å². The molecule has 0 aromatic carbocycles. The molecule has 0 spiro atoms. The van der Waals surface area contributed by atoms with Gasteiger partial charge in [-0.25, -0.2) is 0 Å². The minimum absolute atomic E-state index is 0.286. The third-order valence-electron chi connectivity index (χ3n) is 2.16. The molecule has 0 fully saturated rings. The Morgan fingerprint density at radius 2 is 1.93 bits per heavy atom. The number of nitrogens with one attached hydrogen (secondary N) is 1. The van der Waals surface area contributed by atoms with E-state index in [2.05, 4.69) is 26.1 Å². The van der Waals surface area contributed by atoms with Crippen molar-refractivity contribution in [1.29, 1.82) is 0 Å². The van der Waals surface area contributed by atoms with Crippen LogP contribution in [0.2, 0.25) is 0 Å². The molecule has 0 radical (unpaired) electrons. The predicted octanol–water partition coefficient (Wildman–Crippen LogP) is 1.11. The Labute approximate surface area is 88.1 Å². The highest BCUT2D eigenvalue weighted by Gasteiger charge is 2.16. The number of aliphatic hydroxyl groups is 1. The monoisotopic (exact) mass is 202 g/mol. The van der Waals surface area contributed by atoms with Crippen molar-refractivity contribution in [2.45, 2.75) is 46.1 Å². The van der Waals surface area contributed by atoms with Gasteiger partial charge in [-0.05, 0) is 31.2 Å². The van der Waals surface area contributed by atoms with Gasteiger partial charge in [-0.15, -0.1) is 0 Å². The fraction of sp³-hybridized carbons (Fsp3) is 1.00. The Hall–Kier alpha value is -0.120. The van der Waals surface area contributed by atoms with Crippen molar-refractivity contribution in [3.05, 3.63) is 0 Å². The lowest BCUT2D eigenvalue weighted by atomic mass is 9.88. The Bertz CT molecular complexity index is 132. The van der Waals surface area contributed by atoms with Crippen molar-refractivity contribution in [3.8, 4) is 0 Å². The van der Waals surface area contributed by atoms with Crippen LogP contribution in [0, 0.1) is 5.41 Å². The zero-order valence-corrected chi connectivity index (χ0v) is 9.84. The lowest BCUT2D eigenvalue weighted by molar-refractivity contribution is 0.276. The smallest absolute Gasteiger partial charge is 0.0431 e. The quantitative estimate of drug-likeness (QED) is 0.542. The van der Waals surface area contributed by atoms with Crippen molar-refractivity contribution in [2.24, 2.45) is 11.1 Å². The van der Waals surface area contributed by atoms with E-state index in [1.807, 2.05) is 0 Å². The van der Waals surface area contributed by atoms with E-state index in [9.17, 15) is 0 Å². The van der Waals surface area contributed by atoms with E-state index in [0.717, 1.165) is 25.8 Å². The van der Waals surface area contributed by atoms with Gasteiger partial charge in [0, 0.05) is 19.2 Å². The molecule has 4 N–H and O–H groups in total. The summed E-state index contributed by atoms with van der Waals surface area (Å²) in [5.41, 5.74) is 6.01. The van der Waals surface area contributed by atoms with Gasteiger partial charge in [0.1, 0.15) is 0 Å². The molecule has 14 heavy (non-hydrogen) atoms. The van der Waals surface area contributed by atoms with Gasteiger partial charge in [-0.1, -0.05) is 20.8 Å². The molecule has 0 bridgehead atoms. The molecule has 0 aliphatic heterocycles. The average Bonchev–Trinajstić information content (AvgIpc) is 2.08. The fourth-order valence-electron chi connectivity index (χ4n) is 1.52. The first-order valence-electron chi connectivity index (χ1n) is 5.54. The molecule has 0 heterocycles.